The minimum atomic E-state index is -0.202. The topological polar surface area (TPSA) is 71.8 Å². The van der Waals surface area contributed by atoms with Crippen molar-refractivity contribution in [2.75, 3.05) is 25.5 Å². The van der Waals surface area contributed by atoms with E-state index in [1.165, 1.54) is 0 Å². The second-order valence-corrected chi connectivity index (χ2v) is 6.87. The Hall–Kier alpha value is -3.28. The average Bonchev–Trinajstić information content (AvgIpc) is 3.37. The molecule has 0 bridgehead atoms. The number of amides is 2. The molecule has 2 amide bonds. The van der Waals surface area contributed by atoms with Crippen LogP contribution < -0.4 is 10.1 Å². The van der Waals surface area contributed by atoms with Crippen LogP contribution in [0.25, 0.3) is 11.0 Å². The summed E-state index contributed by atoms with van der Waals surface area (Å²) in [4.78, 5) is 27.4. The molecule has 6 nitrogen and oxygen atoms in total. The standard InChI is InChI=1S/C22H22N2O4/c1-27-16-10-8-15(9-11-16)14-19(25)23-20-17-6-2-3-7-18(17)28-21(20)22(26)24-12-4-5-13-24/h2-3,6-11H,4-5,12-14H2,1H3,(H,23,25). The summed E-state index contributed by atoms with van der Waals surface area (Å²) in [6.07, 6.45) is 2.18. The number of para-hydroxylation sites is 1. The third-order valence-electron chi connectivity index (χ3n) is 4.97. The molecule has 0 saturated carbocycles. The minimum absolute atomic E-state index is 0.173. The molecule has 0 spiro atoms. The Labute approximate surface area is 163 Å². The largest absolute Gasteiger partial charge is 0.497 e. The maximum absolute atomic E-state index is 12.9. The lowest BCUT2D eigenvalue weighted by Crippen LogP contribution is -2.28. The third-order valence-corrected chi connectivity index (χ3v) is 4.97. The normalized spacial score (nSPS) is 13.7. The van der Waals surface area contributed by atoms with E-state index in [-0.39, 0.29) is 24.0 Å². The molecule has 1 N–H and O–H groups in total. The van der Waals surface area contributed by atoms with Crippen LogP contribution in [0.5, 0.6) is 5.75 Å². The lowest BCUT2D eigenvalue weighted by atomic mass is 10.1. The summed E-state index contributed by atoms with van der Waals surface area (Å²) in [5, 5.41) is 3.63. The maximum Gasteiger partial charge on any atom is 0.291 e. The van der Waals surface area contributed by atoms with Crippen molar-refractivity contribution in [1.29, 1.82) is 0 Å². The first kappa shape index (κ1) is 18.1. The molecule has 4 rings (SSSR count). The quantitative estimate of drug-likeness (QED) is 0.732. The van der Waals surface area contributed by atoms with Gasteiger partial charge in [0.25, 0.3) is 5.91 Å². The number of hydrogen-bond acceptors (Lipinski definition) is 4. The molecule has 0 radical (unpaired) electrons. The molecular formula is C22H22N2O4. The van der Waals surface area contributed by atoms with E-state index in [2.05, 4.69) is 5.32 Å². The molecule has 2 heterocycles. The van der Waals surface area contributed by atoms with E-state index in [0.717, 1.165) is 42.6 Å². The van der Waals surface area contributed by atoms with E-state index in [1.807, 2.05) is 42.5 Å². The summed E-state index contributed by atoms with van der Waals surface area (Å²) in [5.74, 6) is 0.565. The number of likely N-dealkylation sites (tertiary alicyclic amines) is 1. The number of nitrogens with one attached hydrogen (secondary N) is 1. The van der Waals surface area contributed by atoms with Gasteiger partial charge in [0.2, 0.25) is 11.7 Å². The number of methoxy groups -OCH3 is 1. The van der Waals surface area contributed by atoms with Gasteiger partial charge < -0.3 is 19.4 Å². The van der Waals surface area contributed by atoms with Crippen LogP contribution in [0.3, 0.4) is 0 Å². The van der Waals surface area contributed by atoms with E-state index in [4.69, 9.17) is 9.15 Å². The van der Waals surface area contributed by atoms with Crippen LogP contribution in [0.4, 0.5) is 5.69 Å². The maximum atomic E-state index is 12.9. The number of carbonyl (C=O) groups excluding carboxylic acids is 2. The van der Waals surface area contributed by atoms with Crippen LogP contribution in [0.1, 0.15) is 29.0 Å². The SMILES string of the molecule is COc1ccc(CC(=O)Nc2c(C(=O)N3CCCC3)oc3ccccc23)cc1. The highest BCUT2D eigenvalue weighted by Gasteiger charge is 2.28. The predicted molar refractivity (Wildman–Crippen MR) is 107 cm³/mol. The van der Waals surface area contributed by atoms with Crippen LogP contribution in [-0.4, -0.2) is 36.9 Å². The smallest absolute Gasteiger partial charge is 0.291 e. The molecule has 28 heavy (non-hydrogen) atoms. The molecule has 1 aromatic heterocycles. The zero-order valence-electron chi connectivity index (χ0n) is 15.7. The number of benzene rings is 2. The van der Waals surface area contributed by atoms with Crippen LogP contribution in [0, 0.1) is 0 Å². The fourth-order valence-electron chi connectivity index (χ4n) is 3.50. The summed E-state index contributed by atoms with van der Waals surface area (Å²) < 4.78 is 11.0. The van der Waals surface area contributed by atoms with Crippen LogP contribution in [0.2, 0.25) is 0 Å². The van der Waals surface area contributed by atoms with Crippen molar-refractivity contribution in [1.82, 2.24) is 4.90 Å². The van der Waals surface area contributed by atoms with Gasteiger partial charge in [-0.2, -0.15) is 0 Å². The first-order valence-corrected chi connectivity index (χ1v) is 9.39. The summed E-state index contributed by atoms with van der Waals surface area (Å²) in [6, 6.07) is 14.7. The van der Waals surface area contributed by atoms with E-state index < -0.39 is 0 Å². The zero-order valence-corrected chi connectivity index (χ0v) is 15.7. The Morgan fingerprint density at radius 1 is 1.07 bits per heavy atom. The molecule has 0 unspecified atom stereocenters. The van der Waals surface area contributed by atoms with Crippen molar-refractivity contribution in [2.24, 2.45) is 0 Å². The van der Waals surface area contributed by atoms with Gasteiger partial charge in [-0.15, -0.1) is 0 Å². The van der Waals surface area contributed by atoms with Crippen molar-refractivity contribution < 1.29 is 18.7 Å². The monoisotopic (exact) mass is 378 g/mol. The van der Waals surface area contributed by atoms with Gasteiger partial charge in [-0.25, -0.2) is 0 Å². The molecular weight excluding hydrogens is 356 g/mol. The summed E-state index contributed by atoms with van der Waals surface area (Å²) in [5.41, 5.74) is 1.90. The van der Waals surface area contributed by atoms with Gasteiger partial charge in [0.05, 0.1) is 13.5 Å². The molecule has 2 aromatic carbocycles. The van der Waals surface area contributed by atoms with Crippen molar-refractivity contribution in [3.05, 3.63) is 59.9 Å². The highest BCUT2D eigenvalue weighted by molar-refractivity contribution is 6.11. The number of anilines is 1. The van der Waals surface area contributed by atoms with E-state index >= 15 is 0 Å². The van der Waals surface area contributed by atoms with Gasteiger partial charge in [-0.1, -0.05) is 24.3 Å². The molecule has 3 aromatic rings. The van der Waals surface area contributed by atoms with Crippen molar-refractivity contribution in [3.63, 3.8) is 0 Å². The number of nitrogens with zero attached hydrogens (tertiary/aromatic N) is 1. The van der Waals surface area contributed by atoms with Crippen molar-refractivity contribution >= 4 is 28.5 Å². The number of carbonyl (C=O) groups is 2. The Balaban J connectivity index is 1.60. The number of rotatable bonds is 5. The second kappa shape index (κ2) is 7.76. The first-order chi connectivity index (χ1) is 13.7. The highest BCUT2D eigenvalue weighted by Crippen LogP contribution is 2.32. The van der Waals surface area contributed by atoms with Crippen LogP contribution in [-0.2, 0) is 11.2 Å². The van der Waals surface area contributed by atoms with Crippen molar-refractivity contribution in [3.8, 4) is 5.75 Å². The fourth-order valence-corrected chi connectivity index (χ4v) is 3.50. The molecule has 144 valence electrons. The Bertz CT molecular complexity index is 1000. The number of furan rings is 1. The fraction of sp³-hybridized carbons (Fsp3) is 0.273. The summed E-state index contributed by atoms with van der Waals surface area (Å²) in [7, 11) is 1.60. The third kappa shape index (κ3) is 3.58. The first-order valence-electron chi connectivity index (χ1n) is 9.39. The number of ether oxygens (including phenoxy) is 1. The average molecular weight is 378 g/mol. The molecule has 0 aliphatic carbocycles. The lowest BCUT2D eigenvalue weighted by Gasteiger charge is -2.14. The van der Waals surface area contributed by atoms with Crippen LogP contribution in [0.15, 0.2) is 52.9 Å². The Morgan fingerprint density at radius 2 is 1.79 bits per heavy atom. The summed E-state index contributed by atoms with van der Waals surface area (Å²) in [6.45, 7) is 1.43. The van der Waals surface area contributed by atoms with Gasteiger partial charge in [0.1, 0.15) is 17.0 Å². The van der Waals surface area contributed by atoms with Crippen molar-refractivity contribution in [2.45, 2.75) is 19.3 Å². The number of fused-ring (bicyclic) bond motifs is 1. The Morgan fingerprint density at radius 3 is 2.50 bits per heavy atom. The predicted octanol–water partition coefficient (Wildman–Crippen LogP) is 3.86. The van der Waals surface area contributed by atoms with Crippen LogP contribution >= 0.6 is 0 Å². The molecule has 1 saturated heterocycles. The van der Waals surface area contributed by atoms with E-state index in [9.17, 15) is 9.59 Å². The molecule has 1 fully saturated rings. The summed E-state index contributed by atoms with van der Waals surface area (Å²) >= 11 is 0. The minimum Gasteiger partial charge on any atom is -0.497 e. The van der Waals surface area contributed by atoms with Gasteiger partial charge in [-0.3, -0.25) is 9.59 Å². The van der Waals surface area contributed by atoms with Gasteiger partial charge in [0, 0.05) is 18.5 Å². The molecule has 1 aliphatic heterocycles. The second-order valence-electron chi connectivity index (χ2n) is 6.87. The zero-order chi connectivity index (χ0) is 19.5. The molecule has 0 atom stereocenters. The molecule has 6 heteroatoms. The lowest BCUT2D eigenvalue weighted by molar-refractivity contribution is -0.115. The molecule has 1 aliphatic rings. The highest BCUT2D eigenvalue weighted by atomic mass is 16.5. The number of hydrogen-bond donors (Lipinski definition) is 1. The van der Waals surface area contributed by atoms with Gasteiger partial charge in [-0.05, 0) is 42.7 Å². The van der Waals surface area contributed by atoms with E-state index in [1.54, 1.807) is 18.1 Å². The van der Waals surface area contributed by atoms with Gasteiger partial charge >= 0.3 is 0 Å². The van der Waals surface area contributed by atoms with Gasteiger partial charge in [0.15, 0.2) is 0 Å². The Kier molecular flexibility index (Phi) is 5.02. The van der Waals surface area contributed by atoms with E-state index in [0.29, 0.717) is 11.3 Å².